The Labute approximate surface area is 122 Å². The molecule has 1 aromatic carbocycles. The van der Waals surface area contributed by atoms with Gasteiger partial charge in [0.15, 0.2) is 11.5 Å². The van der Waals surface area contributed by atoms with E-state index in [-0.39, 0.29) is 0 Å². The van der Waals surface area contributed by atoms with E-state index in [0.717, 1.165) is 24.6 Å². The Balaban J connectivity index is 1.51. The van der Waals surface area contributed by atoms with Gasteiger partial charge in [-0.05, 0) is 30.7 Å². The van der Waals surface area contributed by atoms with E-state index in [9.17, 15) is 0 Å². The van der Waals surface area contributed by atoms with Crippen LogP contribution < -0.4 is 14.8 Å². The molecule has 1 aromatic rings. The third kappa shape index (κ3) is 5.04. The van der Waals surface area contributed by atoms with Gasteiger partial charge in [0.1, 0.15) is 0 Å². The van der Waals surface area contributed by atoms with Crippen LogP contribution in [-0.2, 0) is 6.54 Å². The number of ether oxygens (including phenoxy) is 2. The summed E-state index contributed by atoms with van der Waals surface area (Å²) < 4.78 is 10.7. The number of hydrogen-bond donors (Lipinski definition) is 1. The van der Waals surface area contributed by atoms with Crippen LogP contribution in [0.25, 0.3) is 0 Å². The molecule has 0 bridgehead atoms. The van der Waals surface area contributed by atoms with Crippen molar-refractivity contribution in [3.63, 3.8) is 0 Å². The van der Waals surface area contributed by atoms with E-state index < -0.39 is 0 Å². The Morgan fingerprint density at radius 2 is 1.70 bits per heavy atom. The van der Waals surface area contributed by atoms with E-state index in [1.807, 2.05) is 6.07 Å². The number of benzene rings is 1. The number of hydrogen-bond acceptors (Lipinski definition) is 3. The molecule has 20 heavy (non-hydrogen) atoms. The second kappa shape index (κ2) is 8.85. The molecule has 0 fully saturated rings. The molecule has 0 spiro atoms. The largest absolute Gasteiger partial charge is 0.454 e. The molecule has 3 heteroatoms. The molecule has 1 N–H and O–H groups in total. The summed E-state index contributed by atoms with van der Waals surface area (Å²) in [5.41, 5.74) is 1.26. The third-order valence-corrected chi connectivity index (χ3v) is 3.72. The number of rotatable bonds is 10. The molecule has 0 saturated heterocycles. The van der Waals surface area contributed by atoms with Crippen LogP contribution in [-0.4, -0.2) is 13.3 Å². The van der Waals surface area contributed by atoms with E-state index in [4.69, 9.17) is 9.47 Å². The molecule has 0 radical (unpaired) electrons. The highest BCUT2D eigenvalue weighted by Crippen LogP contribution is 2.32. The molecule has 0 saturated carbocycles. The van der Waals surface area contributed by atoms with Crippen molar-refractivity contribution >= 4 is 0 Å². The minimum atomic E-state index is 0.351. The SMILES string of the molecule is CCCCCCCCCNCc1ccc2c(c1)OCO2. The van der Waals surface area contributed by atoms with Crippen molar-refractivity contribution in [1.82, 2.24) is 5.32 Å². The maximum Gasteiger partial charge on any atom is 0.231 e. The molecule has 1 aliphatic heterocycles. The summed E-state index contributed by atoms with van der Waals surface area (Å²) in [4.78, 5) is 0. The fourth-order valence-corrected chi connectivity index (χ4v) is 2.49. The molecule has 0 aliphatic carbocycles. The van der Waals surface area contributed by atoms with Crippen LogP contribution in [0.4, 0.5) is 0 Å². The van der Waals surface area contributed by atoms with E-state index >= 15 is 0 Å². The summed E-state index contributed by atoms with van der Waals surface area (Å²) in [6.07, 6.45) is 9.52. The van der Waals surface area contributed by atoms with E-state index in [2.05, 4.69) is 24.4 Å². The predicted octanol–water partition coefficient (Wildman–Crippen LogP) is 4.26. The van der Waals surface area contributed by atoms with Gasteiger partial charge in [-0.1, -0.05) is 51.5 Å². The maximum atomic E-state index is 5.38. The number of unbranched alkanes of at least 4 members (excludes halogenated alkanes) is 6. The van der Waals surface area contributed by atoms with Gasteiger partial charge in [-0.2, -0.15) is 0 Å². The Morgan fingerprint density at radius 1 is 0.950 bits per heavy atom. The van der Waals surface area contributed by atoms with Crippen molar-refractivity contribution in [3.05, 3.63) is 23.8 Å². The molecule has 2 rings (SSSR count). The smallest absolute Gasteiger partial charge is 0.231 e. The molecule has 0 amide bonds. The maximum absolute atomic E-state index is 5.38. The summed E-state index contributed by atoms with van der Waals surface area (Å²) in [6, 6.07) is 6.17. The molecule has 112 valence electrons. The Bertz CT molecular complexity index is 393. The van der Waals surface area contributed by atoms with Crippen molar-refractivity contribution in [2.75, 3.05) is 13.3 Å². The second-order valence-electron chi connectivity index (χ2n) is 5.49. The summed E-state index contributed by atoms with van der Waals surface area (Å²) in [5.74, 6) is 1.74. The Kier molecular flexibility index (Phi) is 6.72. The zero-order valence-corrected chi connectivity index (χ0v) is 12.6. The van der Waals surface area contributed by atoms with Crippen LogP contribution in [0.5, 0.6) is 11.5 Å². The number of fused-ring (bicyclic) bond motifs is 1. The van der Waals surface area contributed by atoms with E-state index in [1.54, 1.807) is 0 Å². The average Bonchev–Trinajstić information content (AvgIpc) is 2.93. The second-order valence-corrected chi connectivity index (χ2v) is 5.49. The van der Waals surface area contributed by atoms with Crippen LogP contribution in [0.1, 0.15) is 57.4 Å². The molecule has 1 heterocycles. The lowest BCUT2D eigenvalue weighted by Gasteiger charge is -2.06. The Hall–Kier alpha value is -1.22. The fraction of sp³-hybridized carbons (Fsp3) is 0.647. The fourth-order valence-electron chi connectivity index (χ4n) is 2.49. The van der Waals surface area contributed by atoms with Gasteiger partial charge in [-0.3, -0.25) is 0 Å². The monoisotopic (exact) mass is 277 g/mol. The van der Waals surface area contributed by atoms with Gasteiger partial charge in [0.25, 0.3) is 0 Å². The lowest BCUT2D eigenvalue weighted by molar-refractivity contribution is 0.174. The van der Waals surface area contributed by atoms with Gasteiger partial charge in [0.2, 0.25) is 6.79 Å². The van der Waals surface area contributed by atoms with E-state index in [0.29, 0.717) is 6.79 Å². The van der Waals surface area contributed by atoms with Gasteiger partial charge in [0, 0.05) is 6.54 Å². The van der Waals surface area contributed by atoms with Crippen molar-refractivity contribution in [2.45, 2.75) is 58.4 Å². The highest BCUT2D eigenvalue weighted by atomic mass is 16.7. The van der Waals surface area contributed by atoms with Gasteiger partial charge >= 0.3 is 0 Å². The van der Waals surface area contributed by atoms with Crippen molar-refractivity contribution in [1.29, 1.82) is 0 Å². The first kappa shape index (κ1) is 15.2. The van der Waals surface area contributed by atoms with Gasteiger partial charge in [-0.25, -0.2) is 0 Å². The first-order valence-electron chi connectivity index (χ1n) is 7.99. The van der Waals surface area contributed by atoms with Crippen LogP contribution in [0, 0.1) is 0 Å². The normalized spacial score (nSPS) is 12.8. The van der Waals surface area contributed by atoms with Crippen molar-refractivity contribution in [3.8, 4) is 11.5 Å². The zero-order chi connectivity index (χ0) is 14.0. The molecule has 0 aromatic heterocycles. The minimum absolute atomic E-state index is 0.351. The molecule has 1 aliphatic rings. The summed E-state index contributed by atoms with van der Waals surface area (Å²) in [7, 11) is 0. The lowest BCUT2D eigenvalue weighted by Crippen LogP contribution is -2.14. The minimum Gasteiger partial charge on any atom is -0.454 e. The summed E-state index contributed by atoms with van der Waals surface area (Å²) >= 11 is 0. The average molecular weight is 277 g/mol. The molecular formula is C17H27NO2. The molecule has 3 nitrogen and oxygen atoms in total. The lowest BCUT2D eigenvalue weighted by atomic mass is 10.1. The van der Waals surface area contributed by atoms with Gasteiger partial charge < -0.3 is 14.8 Å². The Morgan fingerprint density at radius 3 is 2.55 bits per heavy atom. The number of nitrogens with one attached hydrogen (secondary N) is 1. The highest BCUT2D eigenvalue weighted by molar-refractivity contribution is 5.44. The first-order chi connectivity index (χ1) is 9.90. The van der Waals surface area contributed by atoms with Crippen LogP contribution in [0.3, 0.4) is 0 Å². The summed E-state index contributed by atoms with van der Waals surface area (Å²) in [5, 5.41) is 3.50. The van der Waals surface area contributed by atoms with Gasteiger partial charge in [-0.15, -0.1) is 0 Å². The topological polar surface area (TPSA) is 30.5 Å². The third-order valence-electron chi connectivity index (χ3n) is 3.72. The highest BCUT2D eigenvalue weighted by Gasteiger charge is 2.12. The van der Waals surface area contributed by atoms with Crippen LogP contribution >= 0.6 is 0 Å². The van der Waals surface area contributed by atoms with Crippen LogP contribution in [0.2, 0.25) is 0 Å². The van der Waals surface area contributed by atoms with Crippen molar-refractivity contribution < 1.29 is 9.47 Å². The first-order valence-corrected chi connectivity index (χ1v) is 7.99. The van der Waals surface area contributed by atoms with Crippen molar-refractivity contribution in [2.24, 2.45) is 0 Å². The van der Waals surface area contributed by atoms with Crippen LogP contribution in [0.15, 0.2) is 18.2 Å². The molecular weight excluding hydrogens is 250 g/mol. The van der Waals surface area contributed by atoms with Gasteiger partial charge in [0.05, 0.1) is 0 Å². The quantitative estimate of drug-likeness (QED) is 0.648. The molecule has 0 unspecified atom stereocenters. The predicted molar refractivity (Wildman–Crippen MR) is 82.3 cm³/mol. The summed E-state index contributed by atoms with van der Waals surface area (Å²) in [6.45, 7) is 4.62. The van der Waals surface area contributed by atoms with E-state index in [1.165, 1.54) is 50.5 Å². The molecule has 0 atom stereocenters. The standard InChI is InChI=1S/C17H27NO2/c1-2-3-4-5-6-7-8-11-18-13-15-9-10-16-17(12-15)20-14-19-16/h9-10,12,18H,2-8,11,13-14H2,1H3. The zero-order valence-electron chi connectivity index (χ0n) is 12.6.